The molecule has 7 nitrogen and oxygen atoms in total. The van der Waals surface area contributed by atoms with Crippen molar-refractivity contribution in [2.45, 2.75) is 4.90 Å². The van der Waals surface area contributed by atoms with Gasteiger partial charge in [0, 0.05) is 5.02 Å². The van der Waals surface area contributed by atoms with Crippen LogP contribution in [0.25, 0.3) is 0 Å². The molecule has 0 saturated carbocycles. The maximum atomic E-state index is 12.3. The highest BCUT2D eigenvalue weighted by atomic mass is 35.5. The molecule has 0 spiro atoms. The van der Waals surface area contributed by atoms with E-state index in [4.69, 9.17) is 16.3 Å². The molecule has 0 saturated heterocycles. The van der Waals surface area contributed by atoms with Gasteiger partial charge in [-0.3, -0.25) is 4.72 Å². The van der Waals surface area contributed by atoms with Gasteiger partial charge in [0.15, 0.2) is 11.6 Å². The lowest BCUT2D eigenvalue weighted by Gasteiger charge is -2.11. The summed E-state index contributed by atoms with van der Waals surface area (Å²) in [4.78, 5) is 0.146. The molecular formula is C17H15ClN4O3S. The number of halogens is 1. The topological polar surface area (TPSA) is 93.2 Å². The van der Waals surface area contributed by atoms with Crippen molar-refractivity contribution in [1.29, 1.82) is 0 Å². The molecular weight excluding hydrogens is 376 g/mol. The Bertz CT molecular complexity index is 996. The normalized spacial score (nSPS) is 11.0. The fourth-order valence-electron chi connectivity index (χ4n) is 2.17. The molecule has 1 aromatic heterocycles. The monoisotopic (exact) mass is 390 g/mol. The van der Waals surface area contributed by atoms with E-state index in [0.29, 0.717) is 22.3 Å². The molecule has 3 aromatic rings. The van der Waals surface area contributed by atoms with Crippen LogP contribution in [0.1, 0.15) is 0 Å². The van der Waals surface area contributed by atoms with Crippen LogP contribution in [0.2, 0.25) is 5.02 Å². The van der Waals surface area contributed by atoms with E-state index in [1.54, 1.807) is 49.6 Å². The van der Waals surface area contributed by atoms with Crippen LogP contribution in [-0.2, 0) is 10.0 Å². The Hall–Kier alpha value is -2.84. The number of rotatable bonds is 6. The Morgan fingerprint density at radius 3 is 2.31 bits per heavy atom. The Labute approximate surface area is 156 Å². The lowest BCUT2D eigenvalue weighted by atomic mass is 10.3. The predicted octanol–water partition coefficient (Wildman–Crippen LogP) is 3.68. The first-order valence-electron chi connectivity index (χ1n) is 7.50. The number of aromatic nitrogens is 2. The van der Waals surface area contributed by atoms with Gasteiger partial charge in [-0.15, -0.1) is 10.2 Å². The Kier molecular flexibility index (Phi) is 5.24. The number of methoxy groups -OCH3 is 1. The minimum atomic E-state index is -3.71. The van der Waals surface area contributed by atoms with E-state index < -0.39 is 10.0 Å². The maximum Gasteiger partial charge on any atom is 0.263 e. The lowest BCUT2D eigenvalue weighted by Crippen LogP contribution is -2.14. The minimum absolute atomic E-state index is 0.109. The van der Waals surface area contributed by atoms with Crippen LogP contribution >= 0.6 is 11.6 Å². The van der Waals surface area contributed by atoms with Crippen LogP contribution < -0.4 is 14.8 Å². The van der Waals surface area contributed by atoms with Gasteiger partial charge in [-0.05, 0) is 42.5 Å². The summed E-state index contributed by atoms with van der Waals surface area (Å²) in [6, 6.07) is 16.2. The third kappa shape index (κ3) is 4.22. The molecule has 0 fully saturated rings. The first-order valence-corrected chi connectivity index (χ1v) is 9.36. The molecule has 0 aliphatic carbocycles. The van der Waals surface area contributed by atoms with E-state index in [9.17, 15) is 8.42 Å². The second kappa shape index (κ2) is 7.59. The van der Waals surface area contributed by atoms with Crippen molar-refractivity contribution in [2.75, 3.05) is 17.1 Å². The van der Waals surface area contributed by atoms with Gasteiger partial charge in [-0.1, -0.05) is 29.8 Å². The Morgan fingerprint density at radius 1 is 0.962 bits per heavy atom. The zero-order valence-corrected chi connectivity index (χ0v) is 15.3. The van der Waals surface area contributed by atoms with Crippen LogP contribution in [0.5, 0.6) is 5.75 Å². The van der Waals surface area contributed by atoms with Gasteiger partial charge >= 0.3 is 0 Å². The molecule has 0 aliphatic rings. The number of sulfonamides is 1. The molecule has 0 radical (unpaired) electrons. The molecule has 1 heterocycles. The van der Waals surface area contributed by atoms with Crippen molar-refractivity contribution in [3.05, 3.63) is 65.7 Å². The average molecular weight is 391 g/mol. The number of benzene rings is 2. The van der Waals surface area contributed by atoms with Crippen molar-refractivity contribution >= 4 is 38.9 Å². The van der Waals surface area contributed by atoms with E-state index in [2.05, 4.69) is 20.2 Å². The first-order chi connectivity index (χ1) is 12.5. The van der Waals surface area contributed by atoms with Crippen LogP contribution in [0.3, 0.4) is 0 Å². The summed E-state index contributed by atoms with van der Waals surface area (Å²) in [6.07, 6.45) is 0. The van der Waals surface area contributed by atoms with Crippen molar-refractivity contribution in [3.8, 4) is 5.75 Å². The third-order valence-corrected chi connectivity index (χ3v) is 4.99. The van der Waals surface area contributed by atoms with Crippen LogP contribution in [0.4, 0.5) is 17.3 Å². The van der Waals surface area contributed by atoms with Gasteiger partial charge in [0.2, 0.25) is 0 Å². The number of hydrogen-bond acceptors (Lipinski definition) is 6. The fourth-order valence-corrected chi connectivity index (χ4v) is 3.36. The zero-order chi connectivity index (χ0) is 18.6. The highest BCUT2D eigenvalue weighted by Gasteiger charge is 2.14. The summed E-state index contributed by atoms with van der Waals surface area (Å²) in [5, 5.41) is 11.4. The van der Waals surface area contributed by atoms with Crippen molar-refractivity contribution < 1.29 is 13.2 Å². The summed E-state index contributed by atoms with van der Waals surface area (Å²) in [6.45, 7) is 0. The zero-order valence-electron chi connectivity index (χ0n) is 13.7. The Morgan fingerprint density at radius 2 is 1.65 bits per heavy atom. The summed E-state index contributed by atoms with van der Waals surface area (Å²) < 4.78 is 32.2. The Balaban J connectivity index is 1.76. The predicted molar refractivity (Wildman–Crippen MR) is 101 cm³/mol. The van der Waals surface area contributed by atoms with Crippen molar-refractivity contribution in [1.82, 2.24) is 10.2 Å². The lowest BCUT2D eigenvalue weighted by molar-refractivity contribution is 0.417. The number of hydrogen-bond donors (Lipinski definition) is 2. The van der Waals surface area contributed by atoms with Crippen molar-refractivity contribution in [3.63, 3.8) is 0 Å². The van der Waals surface area contributed by atoms with Crippen LogP contribution in [0, 0.1) is 0 Å². The van der Waals surface area contributed by atoms with Gasteiger partial charge in [0.25, 0.3) is 10.0 Å². The SMILES string of the molecule is COc1ccc(Cl)cc1Nc1ccc(NS(=O)(=O)c2ccccc2)nn1. The molecule has 26 heavy (non-hydrogen) atoms. The molecule has 0 unspecified atom stereocenters. The van der Waals surface area contributed by atoms with Crippen LogP contribution in [0.15, 0.2) is 65.6 Å². The molecule has 2 aromatic carbocycles. The molecule has 0 atom stereocenters. The fraction of sp³-hybridized carbons (Fsp3) is 0.0588. The van der Waals surface area contributed by atoms with Crippen LogP contribution in [-0.4, -0.2) is 25.7 Å². The first kappa shape index (κ1) is 18.0. The third-order valence-electron chi connectivity index (χ3n) is 3.38. The van der Waals surface area contributed by atoms with Gasteiger partial charge < -0.3 is 10.1 Å². The smallest absolute Gasteiger partial charge is 0.263 e. The van der Waals surface area contributed by atoms with E-state index >= 15 is 0 Å². The summed E-state index contributed by atoms with van der Waals surface area (Å²) in [7, 11) is -2.17. The minimum Gasteiger partial charge on any atom is -0.495 e. The molecule has 134 valence electrons. The number of ether oxygens (including phenoxy) is 1. The van der Waals surface area contributed by atoms with Gasteiger partial charge in [0.05, 0.1) is 17.7 Å². The number of nitrogens with one attached hydrogen (secondary N) is 2. The van der Waals surface area contributed by atoms with Crippen molar-refractivity contribution in [2.24, 2.45) is 0 Å². The standard InChI is InChI=1S/C17H15ClN4O3S/c1-25-15-8-7-12(18)11-14(15)19-16-9-10-17(21-20-16)22-26(23,24)13-5-3-2-4-6-13/h2-11H,1H3,(H,19,20)(H,21,22). The summed E-state index contributed by atoms with van der Waals surface area (Å²) >= 11 is 5.99. The molecule has 9 heteroatoms. The average Bonchev–Trinajstić information content (AvgIpc) is 2.64. The van der Waals surface area contributed by atoms with Gasteiger partial charge in [-0.2, -0.15) is 0 Å². The summed E-state index contributed by atoms with van der Waals surface area (Å²) in [5.74, 6) is 1.11. The molecule has 0 bridgehead atoms. The van der Waals surface area contributed by atoms with E-state index in [-0.39, 0.29) is 10.7 Å². The summed E-state index contributed by atoms with van der Waals surface area (Å²) in [5.41, 5.74) is 0.618. The van der Waals surface area contributed by atoms with E-state index in [0.717, 1.165) is 0 Å². The van der Waals surface area contributed by atoms with E-state index in [1.165, 1.54) is 18.2 Å². The molecule has 3 rings (SSSR count). The largest absolute Gasteiger partial charge is 0.495 e. The molecule has 0 amide bonds. The highest BCUT2D eigenvalue weighted by Crippen LogP contribution is 2.29. The van der Waals surface area contributed by atoms with Gasteiger partial charge in [0.1, 0.15) is 5.75 Å². The second-order valence-corrected chi connectivity index (χ2v) is 7.31. The molecule has 2 N–H and O–H groups in total. The maximum absolute atomic E-state index is 12.3. The number of nitrogens with zero attached hydrogens (tertiary/aromatic N) is 2. The van der Waals surface area contributed by atoms with E-state index in [1.807, 2.05) is 0 Å². The quantitative estimate of drug-likeness (QED) is 0.666. The molecule has 0 aliphatic heterocycles. The second-order valence-electron chi connectivity index (χ2n) is 5.19. The highest BCUT2D eigenvalue weighted by molar-refractivity contribution is 7.92. The van der Waals surface area contributed by atoms with Gasteiger partial charge in [-0.25, -0.2) is 8.42 Å². The number of anilines is 3.